The predicted octanol–water partition coefficient (Wildman–Crippen LogP) is 4.23. The highest BCUT2D eigenvalue weighted by atomic mass is 32.1. The normalized spacial score (nSPS) is 17.8. The fourth-order valence-corrected chi connectivity index (χ4v) is 3.70. The van der Waals surface area contributed by atoms with Gasteiger partial charge in [0.05, 0.1) is 0 Å². The Labute approximate surface area is 124 Å². The molecular weight excluding hydrogens is 266 g/mol. The van der Waals surface area contributed by atoms with Crippen LogP contribution in [-0.4, -0.2) is 0 Å². The van der Waals surface area contributed by atoms with Gasteiger partial charge in [0.15, 0.2) is 0 Å². The van der Waals surface area contributed by atoms with E-state index in [1.807, 2.05) is 11.3 Å². The number of aryl methyl sites for hydroxylation is 1. The van der Waals surface area contributed by atoms with E-state index >= 15 is 0 Å². The molecule has 1 aromatic carbocycles. The highest BCUT2D eigenvalue weighted by molar-refractivity contribution is 7.11. The van der Waals surface area contributed by atoms with Crippen LogP contribution in [0.1, 0.15) is 46.7 Å². The number of rotatable bonds is 4. The summed E-state index contributed by atoms with van der Waals surface area (Å²) in [7, 11) is 0. The zero-order valence-corrected chi connectivity index (χ0v) is 12.7. The second kappa shape index (κ2) is 5.98. The van der Waals surface area contributed by atoms with Crippen molar-refractivity contribution in [1.82, 2.24) is 0 Å². The molecule has 2 nitrogen and oxygen atoms in total. The number of nitrogens with two attached hydrogens (primary N) is 1. The minimum absolute atomic E-state index is 0.177. The van der Waals surface area contributed by atoms with Crippen LogP contribution >= 0.6 is 11.3 Å². The van der Waals surface area contributed by atoms with E-state index < -0.39 is 0 Å². The van der Waals surface area contributed by atoms with Gasteiger partial charge in [-0.25, -0.2) is 0 Å². The van der Waals surface area contributed by atoms with Gasteiger partial charge in [0.2, 0.25) is 0 Å². The van der Waals surface area contributed by atoms with Crippen molar-refractivity contribution >= 4 is 11.3 Å². The lowest BCUT2D eigenvalue weighted by molar-refractivity contribution is 0.304. The van der Waals surface area contributed by atoms with Crippen LogP contribution < -0.4 is 10.5 Å². The summed E-state index contributed by atoms with van der Waals surface area (Å²) < 4.78 is 6.05. The number of benzene rings is 1. The molecule has 1 unspecified atom stereocenters. The number of hydrogen-bond acceptors (Lipinski definition) is 3. The summed E-state index contributed by atoms with van der Waals surface area (Å²) >= 11 is 1.84. The van der Waals surface area contributed by atoms with Crippen LogP contribution in [0.3, 0.4) is 0 Å². The molecule has 1 aliphatic rings. The first-order valence-corrected chi connectivity index (χ1v) is 8.17. The summed E-state index contributed by atoms with van der Waals surface area (Å²) in [5.74, 6) is 1.02. The quantitative estimate of drug-likeness (QED) is 0.913. The third-order valence-electron chi connectivity index (χ3n) is 3.95. The predicted molar refractivity (Wildman–Crippen MR) is 84.3 cm³/mol. The maximum Gasteiger partial charge on any atom is 0.123 e. The lowest BCUT2D eigenvalue weighted by atomic mass is 9.88. The van der Waals surface area contributed by atoms with Crippen LogP contribution in [0.2, 0.25) is 0 Å². The molecular formula is C17H21NOS. The molecule has 0 saturated heterocycles. The van der Waals surface area contributed by atoms with E-state index in [9.17, 15) is 0 Å². The van der Waals surface area contributed by atoms with E-state index in [-0.39, 0.29) is 6.04 Å². The molecule has 0 fully saturated rings. The van der Waals surface area contributed by atoms with Crippen LogP contribution in [0.15, 0.2) is 30.3 Å². The van der Waals surface area contributed by atoms with Crippen LogP contribution in [0.25, 0.3) is 0 Å². The Morgan fingerprint density at radius 2 is 2.10 bits per heavy atom. The molecule has 1 aliphatic carbocycles. The molecule has 0 spiro atoms. The molecule has 1 atom stereocenters. The van der Waals surface area contributed by atoms with Crippen molar-refractivity contribution in [2.75, 3.05) is 0 Å². The number of thiophene rings is 1. The molecule has 0 aliphatic heterocycles. The average Bonchev–Trinajstić information content (AvgIpc) is 2.94. The molecule has 20 heavy (non-hydrogen) atoms. The van der Waals surface area contributed by atoms with E-state index in [1.54, 1.807) is 0 Å². The summed E-state index contributed by atoms with van der Waals surface area (Å²) in [6.07, 6.45) is 4.43. The first-order valence-electron chi connectivity index (χ1n) is 7.35. The fraction of sp³-hybridized carbons (Fsp3) is 0.412. The van der Waals surface area contributed by atoms with Gasteiger partial charge in [-0.3, -0.25) is 0 Å². The van der Waals surface area contributed by atoms with Crippen molar-refractivity contribution in [2.24, 2.45) is 5.73 Å². The van der Waals surface area contributed by atoms with E-state index in [0.29, 0.717) is 6.61 Å². The van der Waals surface area contributed by atoms with Gasteiger partial charge < -0.3 is 10.5 Å². The smallest absolute Gasteiger partial charge is 0.123 e. The second-order valence-electron chi connectivity index (χ2n) is 5.33. The monoisotopic (exact) mass is 287 g/mol. The Hall–Kier alpha value is -1.32. The minimum Gasteiger partial charge on any atom is -0.488 e. The lowest BCUT2D eigenvalue weighted by Gasteiger charge is -2.24. The Balaban J connectivity index is 1.76. The summed E-state index contributed by atoms with van der Waals surface area (Å²) in [5.41, 5.74) is 8.78. The van der Waals surface area contributed by atoms with Crippen molar-refractivity contribution in [2.45, 2.75) is 45.3 Å². The first-order chi connectivity index (χ1) is 9.78. The molecule has 3 rings (SSSR count). The zero-order chi connectivity index (χ0) is 13.9. The van der Waals surface area contributed by atoms with Gasteiger partial charge in [0, 0.05) is 15.8 Å². The second-order valence-corrected chi connectivity index (χ2v) is 6.59. The number of ether oxygens (including phenoxy) is 1. The van der Waals surface area contributed by atoms with Gasteiger partial charge in [0.1, 0.15) is 12.4 Å². The largest absolute Gasteiger partial charge is 0.488 e. The molecule has 1 aromatic heterocycles. The van der Waals surface area contributed by atoms with Gasteiger partial charge in [-0.05, 0) is 55.0 Å². The Morgan fingerprint density at radius 1 is 1.25 bits per heavy atom. The lowest BCUT2D eigenvalue weighted by Crippen LogP contribution is -2.18. The van der Waals surface area contributed by atoms with Gasteiger partial charge >= 0.3 is 0 Å². The first kappa shape index (κ1) is 13.7. The molecule has 2 N–H and O–H groups in total. The standard InChI is InChI=1S/C17H21NOS/c1-2-12-9-10-13(20-12)11-19-17-8-4-5-14-15(17)6-3-7-16(14)18/h4-5,8-10,16H,2-3,6-7,11,18H2,1H3. The van der Waals surface area contributed by atoms with E-state index in [0.717, 1.165) is 31.4 Å². The van der Waals surface area contributed by atoms with Gasteiger partial charge in [-0.2, -0.15) is 0 Å². The fourth-order valence-electron chi connectivity index (χ4n) is 2.83. The molecule has 0 amide bonds. The van der Waals surface area contributed by atoms with Crippen molar-refractivity contribution in [3.05, 3.63) is 51.2 Å². The van der Waals surface area contributed by atoms with E-state index in [2.05, 4.69) is 37.3 Å². The number of hydrogen-bond donors (Lipinski definition) is 1. The third-order valence-corrected chi connectivity index (χ3v) is 5.15. The SMILES string of the molecule is CCc1ccc(COc2cccc3c2CCCC3N)s1. The van der Waals surface area contributed by atoms with Crippen molar-refractivity contribution in [1.29, 1.82) is 0 Å². The zero-order valence-electron chi connectivity index (χ0n) is 11.9. The number of fused-ring (bicyclic) bond motifs is 1. The molecule has 0 bridgehead atoms. The summed E-state index contributed by atoms with van der Waals surface area (Å²) in [6.45, 7) is 2.85. The summed E-state index contributed by atoms with van der Waals surface area (Å²) in [6, 6.07) is 10.8. The van der Waals surface area contributed by atoms with Gasteiger partial charge in [0.25, 0.3) is 0 Å². The van der Waals surface area contributed by atoms with E-state index in [1.165, 1.54) is 20.9 Å². The molecule has 1 heterocycles. The molecule has 3 heteroatoms. The van der Waals surface area contributed by atoms with E-state index in [4.69, 9.17) is 10.5 Å². The van der Waals surface area contributed by atoms with Crippen molar-refractivity contribution in [3.63, 3.8) is 0 Å². The maximum atomic E-state index is 6.19. The molecule has 106 valence electrons. The molecule has 2 aromatic rings. The Morgan fingerprint density at radius 3 is 2.90 bits per heavy atom. The Kier molecular flexibility index (Phi) is 4.08. The highest BCUT2D eigenvalue weighted by Gasteiger charge is 2.19. The van der Waals surface area contributed by atoms with Gasteiger partial charge in [-0.1, -0.05) is 19.1 Å². The van der Waals surface area contributed by atoms with Crippen LogP contribution in [-0.2, 0) is 19.4 Å². The average molecular weight is 287 g/mol. The maximum absolute atomic E-state index is 6.19. The van der Waals surface area contributed by atoms with Crippen LogP contribution in [0, 0.1) is 0 Å². The van der Waals surface area contributed by atoms with Crippen molar-refractivity contribution < 1.29 is 4.74 Å². The summed E-state index contributed by atoms with van der Waals surface area (Å²) in [5, 5.41) is 0. The van der Waals surface area contributed by atoms with Crippen LogP contribution in [0.5, 0.6) is 5.75 Å². The van der Waals surface area contributed by atoms with Gasteiger partial charge in [-0.15, -0.1) is 11.3 Å². The Bertz CT molecular complexity index is 590. The highest BCUT2D eigenvalue weighted by Crippen LogP contribution is 2.34. The molecule has 0 saturated carbocycles. The topological polar surface area (TPSA) is 35.2 Å². The minimum atomic E-state index is 0.177. The molecule has 0 radical (unpaired) electrons. The van der Waals surface area contributed by atoms with Crippen LogP contribution in [0.4, 0.5) is 0 Å². The van der Waals surface area contributed by atoms with Crippen molar-refractivity contribution in [3.8, 4) is 5.75 Å². The summed E-state index contributed by atoms with van der Waals surface area (Å²) in [4.78, 5) is 2.71. The third kappa shape index (κ3) is 2.74.